The Morgan fingerprint density at radius 2 is 2.00 bits per heavy atom. The summed E-state index contributed by atoms with van der Waals surface area (Å²) in [6.45, 7) is 0. The zero-order valence-corrected chi connectivity index (χ0v) is 11.9. The van der Waals surface area contributed by atoms with Crippen molar-refractivity contribution in [3.8, 4) is 0 Å². The predicted molar refractivity (Wildman–Crippen MR) is 69.1 cm³/mol. The van der Waals surface area contributed by atoms with Crippen molar-refractivity contribution in [1.29, 1.82) is 0 Å². The van der Waals surface area contributed by atoms with Gasteiger partial charge in [0.1, 0.15) is 16.5 Å². The molecule has 4 nitrogen and oxygen atoms in total. The van der Waals surface area contributed by atoms with Crippen molar-refractivity contribution >= 4 is 38.1 Å². The number of aromatic nitrogens is 1. The van der Waals surface area contributed by atoms with Gasteiger partial charge in [-0.2, -0.15) is 0 Å². The molecule has 2 rings (SSSR count). The molecule has 0 bridgehead atoms. The molecule has 0 N–H and O–H groups in total. The van der Waals surface area contributed by atoms with Gasteiger partial charge in [-0.3, -0.25) is 0 Å². The summed E-state index contributed by atoms with van der Waals surface area (Å²) < 4.78 is 51.8. The molecule has 0 fully saturated rings. The Labute approximate surface area is 117 Å². The first-order valence-electron chi connectivity index (χ1n) is 4.87. The lowest BCUT2D eigenvalue weighted by atomic mass is 10.3. The summed E-state index contributed by atoms with van der Waals surface area (Å²) in [5.41, 5.74) is 0. The van der Waals surface area contributed by atoms with E-state index in [4.69, 9.17) is 11.6 Å². The third-order valence-corrected chi connectivity index (χ3v) is 5.32. The van der Waals surface area contributed by atoms with E-state index in [0.29, 0.717) is 6.07 Å². The minimum atomic E-state index is -4.18. The first kappa shape index (κ1) is 14.2. The van der Waals surface area contributed by atoms with Crippen molar-refractivity contribution in [1.82, 2.24) is 4.98 Å². The molecule has 1 aromatic heterocycles. The largest absolute Gasteiger partial charge is 0.268 e. The molecule has 19 heavy (non-hydrogen) atoms. The fourth-order valence-corrected chi connectivity index (χ4v) is 3.61. The average molecular weight is 325 g/mol. The number of thiazole rings is 1. The molecule has 0 aliphatic rings. The van der Waals surface area contributed by atoms with Crippen molar-refractivity contribution in [2.75, 3.05) is 11.4 Å². The summed E-state index contributed by atoms with van der Waals surface area (Å²) >= 11 is 6.56. The molecule has 0 amide bonds. The first-order chi connectivity index (χ1) is 8.84. The van der Waals surface area contributed by atoms with E-state index in [1.165, 1.54) is 13.2 Å². The van der Waals surface area contributed by atoms with Crippen LogP contribution in [-0.4, -0.2) is 20.4 Å². The number of benzene rings is 1. The highest BCUT2D eigenvalue weighted by atomic mass is 35.5. The summed E-state index contributed by atoms with van der Waals surface area (Å²) in [4.78, 5) is 3.12. The molecule has 9 heteroatoms. The first-order valence-corrected chi connectivity index (χ1v) is 7.57. The minimum Gasteiger partial charge on any atom is -0.244 e. The van der Waals surface area contributed by atoms with Crippen molar-refractivity contribution < 1.29 is 17.2 Å². The lowest BCUT2D eigenvalue weighted by molar-refractivity contribution is 0.548. The zero-order valence-electron chi connectivity index (χ0n) is 9.47. The van der Waals surface area contributed by atoms with Gasteiger partial charge in [0, 0.05) is 24.7 Å². The van der Waals surface area contributed by atoms with Crippen molar-refractivity contribution in [3.63, 3.8) is 0 Å². The van der Waals surface area contributed by atoms with E-state index in [0.717, 1.165) is 21.7 Å². The SMILES string of the molecule is CN(c1nccs1)S(=O)(=O)c1cc(Cl)c(F)cc1F. The third-order valence-electron chi connectivity index (χ3n) is 2.30. The summed E-state index contributed by atoms with van der Waals surface area (Å²) in [7, 11) is -2.95. The molecule has 102 valence electrons. The van der Waals surface area contributed by atoms with Crippen LogP contribution >= 0.6 is 22.9 Å². The molecule has 0 unspecified atom stereocenters. The maximum Gasteiger partial charge on any atom is 0.268 e. The molecule has 0 aliphatic carbocycles. The van der Waals surface area contributed by atoms with Gasteiger partial charge in [0.15, 0.2) is 5.13 Å². The van der Waals surface area contributed by atoms with Gasteiger partial charge in [-0.05, 0) is 6.07 Å². The van der Waals surface area contributed by atoms with E-state index in [9.17, 15) is 17.2 Å². The van der Waals surface area contributed by atoms with Crippen LogP contribution in [0.1, 0.15) is 0 Å². The standard InChI is InChI=1S/C10H7ClF2N2O2S2/c1-15(10-14-2-3-18-10)19(16,17)9-4-6(11)7(12)5-8(9)13/h2-5H,1H3. The Hall–Kier alpha value is -1.25. The zero-order chi connectivity index (χ0) is 14.2. The van der Waals surface area contributed by atoms with Gasteiger partial charge in [-0.25, -0.2) is 26.5 Å². The van der Waals surface area contributed by atoms with E-state index in [1.54, 1.807) is 5.38 Å². The van der Waals surface area contributed by atoms with Gasteiger partial charge in [0.05, 0.1) is 5.02 Å². The Morgan fingerprint density at radius 3 is 2.58 bits per heavy atom. The van der Waals surface area contributed by atoms with Crippen LogP contribution in [0.3, 0.4) is 0 Å². The van der Waals surface area contributed by atoms with Crippen molar-refractivity contribution in [3.05, 3.63) is 40.4 Å². The van der Waals surface area contributed by atoms with Gasteiger partial charge in [0.25, 0.3) is 10.0 Å². The molecule has 0 spiro atoms. The molecule has 1 aromatic carbocycles. The molecule has 0 saturated carbocycles. The fraction of sp³-hybridized carbons (Fsp3) is 0.100. The molecule has 1 heterocycles. The highest BCUT2D eigenvalue weighted by Crippen LogP contribution is 2.28. The number of sulfonamides is 1. The smallest absolute Gasteiger partial charge is 0.244 e. The number of anilines is 1. The molecular formula is C10H7ClF2N2O2S2. The fourth-order valence-electron chi connectivity index (χ4n) is 1.32. The van der Waals surface area contributed by atoms with E-state index >= 15 is 0 Å². The maximum atomic E-state index is 13.6. The number of nitrogens with zero attached hydrogens (tertiary/aromatic N) is 2. The van der Waals surface area contributed by atoms with Gasteiger partial charge in [-0.1, -0.05) is 11.6 Å². The highest BCUT2D eigenvalue weighted by Gasteiger charge is 2.27. The molecular weight excluding hydrogens is 318 g/mol. The lowest BCUT2D eigenvalue weighted by Gasteiger charge is -2.16. The van der Waals surface area contributed by atoms with Crippen LogP contribution in [0.4, 0.5) is 13.9 Å². The van der Waals surface area contributed by atoms with E-state index in [-0.39, 0.29) is 5.13 Å². The average Bonchev–Trinajstić information content (AvgIpc) is 2.86. The van der Waals surface area contributed by atoms with Crippen LogP contribution in [0.25, 0.3) is 0 Å². The Kier molecular flexibility index (Phi) is 3.75. The van der Waals surface area contributed by atoms with Crippen LogP contribution in [0, 0.1) is 11.6 Å². The lowest BCUT2D eigenvalue weighted by Crippen LogP contribution is -2.27. The highest BCUT2D eigenvalue weighted by molar-refractivity contribution is 7.93. The van der Waals surface area contributed by atoms with Crippen LogP contribution in [0.5, 0.6) is 0 Å². The molecule has 2 aromatic rings. The van der Waals surface area contributed by atoms with Crippen molar-refractivity contribution in [2.24, 2.45) is 0 Å². The summed E-state index contributed by atoms with van der Waals surface area (Å²) in [6, 6.07) is 1.18. The van der Waals surface area contributed by atoms with E-state index in [2.05, 4.69) is 4.98 Å². The molecule has 0 atom stereocenters. The van der Waals surface area contributed by atoms with E-state index < -0.39 is 31.6 Å². The van der Waals surface area contributed by atoms with Gasteiger partial charge in [-0.15, -0.1) is 11.3 Å². The Balaban J connectivity index is 2.54. The Morgan fingerprint density at radius 1 is 1.32 bits per heavy atom. The van der Waals surface area contributed by atoms with Gasteiger partial charge in [0.2, 0.25) is 0 Å². The van der Waals surface area contributed by atoms with Crippen molar-refractivity contribution in [2.45, 2.75) is 4.90 Å². The Bertz CT molecular complexity index is 705. The van der Waals surface area contributed by atoms with Crippen LogP contribution in [0.15, 0.2) is 28.6 Å². The molecule has 0 saturated heterocycles. The second-order valence-electron chi connectivity index (χ2n) is 3.48. The quantitative estimate of drug-likeness (QED) is 0.816. The maximum absolute atomic E-state index is 13.6. The monoisotopic (exact) mass is 324 g/mol. The van der Waals surface area contributed by atoms with E-state index in [1.807, 2.05) is 0 Å². The molecule has 0 aliphatic heterocycles. The number of rotatable bonds is 3. The van der Waals surface area contributed by atoms with Gasteiger partial charge >= 0.3 is 0 Å². The van der Waals surface area contributed by atoms with Gasteiger partial charge < -0.3 is 0 Å². The normalized spacial score (nSPS) is 11.6. The summed E-state index contributed by atoms with van der Waals surface area (Å²) in [5, 5.41) is 1.28. The second-order valence-corrected chi connectivity index (χ2v) is 6.70. The minimum absolute atomic E-state index is 0.167. The molecule has 0 radical (unpaired) electrons. The topological polar surface area (TPSA) is 50.3 Å². The van der Waals surface area contributed by atoms with Crippen LogP contribution in [-0.2, 0) is 10.0 Å². The van der Waals surface area contributed by atoms with Crippen LogP contribution < -0.4 is 4.31 Å². The number of hydrogen-bond donors (Lipinski definition) is 0. The summed E-state index contributed by atoms with van der Waals surface area (Å²) in [6.07, 6.45) is 1.42. The van der Waals surface area contributed by atoms with Crippen LogP contribution in [0.2, 0.25) is 5.02 Å². The number of halogens is 3. The number of hydrogen-bond acceptors (Lipinski definition) is 4. The summed E-state index contributed by atoms with van der Waals surface area (Å²) in [5.74, 6) is -2.22. The predicted octanol–water partition coefficient (Wildman–Crippen LogP) is 2.90. The second kappa shape index (κ2) is 5.03. The third kappa shape index (κ3) is 2.56.